The zero-order chi connectivity index (χ0) is 18.8. The first-order valence-electron chi connectivity index (χ1n) is 8.56. The number of aliphatic hydroxyl groups is 1. The van der Waals surface area contributed by atoms with Crippen molar-refractivity contribution in [3.8, 4) is 11.3 Å². The van der Waals surface area contributed by atoms with Crippen LogP contribution in [0.2, 0.25) is 5.02 Å². The van der Waals surface area contributed by atoms with Crippen LogP contribution in [0.5, 0.6) is 0 Å². The standard InChI is InChI=1S/C22H16Cl2N2O/c23-18-12-15-9-10-19(14-6-2-1-3-7-14)26-20(15)13-17(18)21(27)16-8-4-5-11-25-22(16)24/h1-3,5-13,21,27H,4H2. The molecule has 27 heavy (non-hydrogen) atoms. The monoisotopic (exact) mass is 394 g/mol. The van der Waals surface area contributed by atoms with Crippen molar-refractivity contribution in [1.29, 1.82) is 0 Å². The van der Waals surface area contributed by atoms with Gasteiger partial charge in [0.05, 0.1) is 11.2 Å². The molecule has 1 atom stereocenters. The summed E-state index contributed by atoms with van der Waals surface area (Å²) in [6.07, 6.45) is 5.04. The summed E-state index contributed by atoms with van der Waals surface area (Å²) >= 11 is 12.7. The van der Waals surface area contributed by atoms with Crippen LogP contribution in [0, 0.1) is 0 Å². The molecule has 0 saturated heterocycles. The van der Waals surface area contributed by atoms with Gasteiger partial charge in [-0.15, -0.1) is 0 Å². The lowest BCUT2D eigenvalue weighted by molar-refractivity contribution is 0.222. The van der Waals surface area contributed by atoms with Gasteiger partial charge in [-0.1, -0.05) is 71.8 Å². The first-order chi connectivity index (χ1) is 13.1. The summed E-state index contributed by atoms with van der Waals surface area (Å²) in [5.41, 5.74) is 3.76. The highest BCUT2D eigenvalue weighted by Gasteiger charge is 2.21. The number of aliphatic imine (C=N–C) groups is 1. The van der Waals surface area contributed by atoms with Crippen molar-refractivity contribution in [1.82, 2.24) is 4.98 Å². The van der Waals surface area contributed by atoms with Gasteiger partial charge in [-0.2, -0.15) is 0 Å². The summed E-state index contributed by atoms with van der Waals surface area (Å²) in [5, 5.41) is 12.5. The number of aromatic nitrogens is 1. The van der Waals surface area contributed by atoms with E-state index >= 15 is 0 Å². The fourth-order valence-electron chi connectivity index (χ4n) is 3.06. The number of allylic oxidation sites excluding steroid dienone is 2. The molecule has 0 spiro atoms. The number of halogens is 2. The van der Waals surface area contributed by atoms with Crippen LogP contribution in [0.25, 0.3) is 22.2 Å². The van der Waals surface area contributed by atoms with Crippen molar-refractivity contribution >= 4 is 39.3 Å². The van der Waals surface area contributed by atoms with Gasteiger partial charge in [0.25, 0.3) is 0 Å². The molecule has 3 nitrogen and oxygen atoms in total. The van der Waals surface area contributed by atoms with Gasteiger partial charge in [0.15, 0.2) is 0 Å². The van der Waals surface area contributed by atoms with E-state index in [9.17, 15) is 5.11 Å². The second-order valence-electron chi connectivity index (χ2n) is 6.23. The first kappa shape index (κ1) is 17.9. The Labute approximate surface area is 167 Å². The number of hydrogen-bond donors (Lipinski definition) is 1. The van der Waals surface area contributed by atoms with Gasteiger partial charge in [-0.25, -0.2) is 9.98 Å². The average Bonchev–Trinajstić information content (AvgIpc) is 2.91. The van der Waals surface area contributed by atoms with Crippen molar-refractivity contribution in [2.75, 3.05) is 0 Å². The average molecular weight is 395 g/mol. The van der Waals surface area contributed by atoms with Crippen LogP contribution in [-0.2, 0) is 0 Å². The molecule has 0 amide bonds. The smallest absolute Gasteiger partial charge is 0.134 e. The van der Waals surface area contributed by atoms with Gasteiger partial charge >= 0.3 is 0 Å². The number of pyridine rings is 1. The Morgan fingerprint density at radius 1 is 1.00 bits per heavy atom. The van der Waals surface area contributed by atoms with Crippen LogP contribution >= 0.6 is 23.2 Å². The minimum Gasteiger partial charge on any atom is -0.383 e. The number of aliphatic hydroxyl groups excluding tert-OH is 1. The summed E-state index contributed by atoms with van der Waals surface area (Å²) < 4.78 is 0. The van der Waals surface area contributed by atoms with Crippen molar-refractivity contribution in [2.45, 2.75) is 12.5 Å². The van der Waals surface area contributed by atoms with Gasteiger partial charge in [0.2, 0.25) is 0 Å². The third kappa shape index (κ3) is 3.67. The van der Waals surface area contributed by atoms with Crippen molar-refractivity contribution in [2.24, 2.45) is 4.99 Å². The number of rotatable bonds is 3. The number of benzene rings is 2. The molecule has 0 aliphatic carbocycles. The Morgan fingerprint density at radius 2 is 1.81 bits per heavy atom. The van der Waals surface area contributed by atoms with E-state index in [4.69, 9.17) is 28.2 Å². The molecule has 1 unspecified atom stereocenters. The van der Waals surface area contributed by atoms with Crippen LogP contribution in [-0.4, -0.2) is 15.3 Å². The van der Waals surface area contributed by atoms with E-state index in [0.29, 0.717) is 22.6 Å². The maximum atomic E-state index is 10.9. The van der Waals surface area contributed by atoms with Crippen molar-refractivity contribution in [3.05, 3.63) is 89.1 Å². The SMILES string of the molecule is OC(C1=CCC=CN=C1Cl)c1cc2nc(-c3ccccc3)ccc2cc1Cl. The summed E-state index contributed by atoms with van der Waals surface area (Å²) in [5.74, 6) is 0. The molecule has 1 aliphatic rings. The van der Waals surface area contributed by atoms with Gasteiger partial charge in [0, 0.05) is 33.3 Å². The van der Waals surface area contributed by atoms with E-state index < -0.39 is 6.10 Å². The van der Waals surface area contributed by atoms with Crippen molar-refractivity contribution in [3.63, 3.8) is 0 Å². The molecule has 1 aromatic heterocycles. The summed E-state index contributed by atoms with van der Waals surface area (Å²) in [6, 6.07) is 17.5. The van der Waals surface area contributed by atoms with Crippen LogP contribution in [0.4, 0.5) is 0 Å². The molecule has 1 aliphatic heterocycles. The van der Waals surface area contributed by atoms with Gasteiger partial charge in [-0.05, 0) is 24.6 Å². The molecule has 0 bridgehead atoms. The zero-order valence-corrected chi connectivity index (χ0v) is 15.8. The predicted octanol–water partition coefficient (Wildman–Crippen LogP) is 6.07. The maximum Gasteiger partial charge on any atom is 0.134 e. The van der Waals surface area contributed by atoms with Crippen LogP contribution in [0.3, 0.4) is 0 Å². The Hall–Kier alpha value is -2.46. The largest absolute Gasteiger partial charge is 0.383 e. The molecule has 0 radical (unpaired) electrons. The van der Waals surface area contributed by atoms with Gasteiger partial charge in [-0.3, -0.25) is 0 Å². The maximum absolute atomic E-state index is 10.9. The van der Waals surface area contributed by atoms with Gasteiger partial charge < -0.3 is 5.11 Å². The topological polar surface area (TPSA) is 45.5 Å². The quantitative estimate of drug-likeness (QED) is 0.585. The molecular formula is C22H16Cl2N2O. The molecule has 4 rings (SSSR count). The van der Waals surface area contributed by atoms with Crippen LogP contribution < -0.4 is 0 Å². The molecular weight excluding hydrogens is 379 g/mol. The Kier molecular flexibility index (Phi) is 5.08. The molecule has 5 heteroatoms. The van der Waals surface area contributed by atoms with E-state index in [2.05, 4.69) is 4.99 Å². The minimum absolute atomic E-state index is 0.262. The van der Waals surface area contributed by atoms with Gasteiger partial charge in [0.1, 0.15) is 11.3 Å². The Balaban J connectivity index is 1.79. The lowest BCUT2D eigenvalue weighted by Crippen LogP contribution is -2.08. The van der Waals surface area contributed by atoms with E-state index in [1.807, 2.05) is 66.7 Å². The third-order valence-corrected chi connectivity index (χ3v) is 5.11. The molecule has 1 N–H and O–H groups in total. The summed E-state index contributed by atoms with van der Waals surface area (Å²) in [6.45, 7) is 0. The first-order valence-corrected chi connectivity index (χ1v) is 9.31. The highest BCUT2D eigenvalue weighted by molar-refractivity contribution is 6.69. The fourth-order valence-corrected chi connectivity index (χ4v) is 3.58. The van der Waals surface area contributed by atoms with Crippen molar-refractivity contribution < 1.29 is 5.11 Å². The number of fused-ring (bicyclic) bond motifs is 1. The van der Waals surface area contributed by atoms with E-state index in [0.717, 1.165) is 22.2 Å². The molecule has 134 valence electrons. The lowest BCUT2D eigenvalue weighted by Gasteiger charge is -2.16. The molecule has 0 saturated carbocycles. The minimum atomic E-state index is -0.972. The fraction of sp³-hybridized carbons (Fsp3) is 0.0909. The summed E-state index contributed by atoms with van der Waals surface area (Å²) in [7, 11) is 0. The number of hydrogen-bond acceptors (Lipinski definition) is 3. The molecule has 2 aromatic carbocycles. The molecule has 0 fully saturated rings. The summed E-state index contributed by atoms with van der Waals surface area (Å²) in [4.78, 5) is 8.86. The van der Waals surface area contributed by atoms with E-state index in [-0.39, 0.29) is 5.17 Å². The Bertz CT molecular complexity index is 1090. The lowest BCUT2D eigenvalue weighted by atomic mass is 9.99. The normalized spacial score (nSPS) is 15.2. The second-order valence-corrected chi connectivity index (χ2v) is 7.00. The highest BCUT2D eigenvalue weighted by Crippen LogP contribution is 2.34. The second kappa shape index (κ2) is 7.65. The molecule has 2 heterocycles. The highest BCUT2D eigenvalue weighted by atomic mass is 35.5. The number of nitrogens with zero attached hydrogens (tertiary/aromatic N) is 2. The zero-order valence-electron chi connectivity index (χ0n) is 14.3. The van der Waals surface area contributed by atoms with Crippen LogP contribution in [0.15, 0.2) is 83.5 Å². The predicted molar refractivity (Wildman–Crippen MR) is 112 cm³/mol. The Morgan fingerprint density at radius 3 is 2.63 bits per heavy atom. The van der Waals surface area contributed by atoms with E-state index in [1.165, 1.54) is 0 Å². The van der Waals surface area contributed by atoms with E-state index in [1.54, 1.807) is 6.20 Å². The van der Waals surface area contributed by atoms with Crippen LogP contribution in [0.1, 0.15) is 18.1 Å². The third-order valence-electron chi connectivity index (χ3n) is 4.47. The molecule has 3 aromatic rings.